The summed E-state index contributed by atoms with van der Waals surface area (Å²) in [6.45, 7) is 4.16. The third-order valence-corrected chi connectivity index (χ3v) is 5.24. The van der Waals surface area contributed by atoms with E-state index >= 15 is 0 Å². The Balaban J connectivity index is 1.82. The van der Waals surface area contributed by atoms with E-state index in [4.69, 9.17) is 11.6 Å². The number of imidazole rings is 1. The number of halogens is 1. The van der Waals surface area contributed by atoms with Crippen molar-refractivity contribution >= 4 is 17.3 Å². The predicted molar refractivity (Wildman–Crippen MR) is 98.5 cm³/mol. The fraction of sp³-hybridized carbons (Fsp3) is 0.250. The lowest BCUT2D eigenvalue weighted by atomic mass is 9.81. The van der Waals surface area contributed by atoms with Gasteiger partial charge in [-0.05, 0) is 48.7 Å². The largest absolute Gasteiger partial charge is 0.360 e. The number of hydrogen-bond donors (Lipinski definition) is 0. The number of anilines is 1. The van der Waals surface area contributed by atoms with Crippen molar-refractivity contribution in [2.45, 2.75) is 25.4 Å². The lowest BCUT2D eigenvalue weighted by Gasteiger charge is -2.48. The summed E-state index contributed by atoms with van der Waals surface area (Å²) in [5.74, 6) is 0. The molecule has 0 amide bonds. The van der Waals surface area contributed by atoms with Crippen LogP contribution in [-0.4, -0.2) is 16.1 Å². The molecule has 24 heavy (non-hydrogen) atoms. The van der Waals surface area contributed by atoms with Gasteiger partial charge in [0.25, 0.3) is 0 Å². The molecular weight excluding hydrogens is 318 g/mol. The highest BCUT2D eigenvalue weighted by molar-refractivity contribution is 6.30. The predicted octanol–water partition coefficient (Wildman–Crippen LogP) is 4.51. The van der Waals surface area contributed by atoms with E-state index in [9.17, 15) is 0 Å². The van der Waals surface area contributed by atoms with Gasteiger partial charge in [-0.3, -0.25) is 0 Å². The quantitative estimate of drug-likeness (QED) is 0.701. The first kappa shape index (κ1) is 15.3. The fourth-order valence-electron chi connectivity index (χ4n) is 3.83. The second kappa shape index (κ2) is 5.99. The molecule has 1 atom stereocenters. The van der Waals surface area contributed by atoms with Crippen molar-refractivity contribution in [3.63, 3.8) is 0 Å². The maximum Gasteiger partial charge on any atom is 0.0946 e. The Bertz CT molecular complexity index is 826. The summed E-state index contributed by atoms with van der Waals surface area (Å²) in [5.41, 5.74) is 3.89. The first-order chi connectivity index (χ1) is 11.7. The molecular formula is C20H20ClN3. The monoisotopic (exact) mass is 337 g/mol. The number of aromatic nitrogens is 2. The number of nitrogens with zero attached hydrogens (tertiary/aromatic N) is 3. The van der Waals surface area contributed by atoms with Crippen molar-refractivity contribution < 1.29 is 0 Å². The van der Waals surface area contributed by atoms with E-state index in [2.05, 4.69) is 57.8 Å². The number of hydrogen-bond acceptors (Lipinski definition) is 2. The maximum absolute atomic E-state index is 6.09. The van der Waals surface area contributed by atoms with Crippen molar-refractivity contribution in [1.29, 1.82) is 0 Å². The van der Waals surface area contributed by atoms with Crippen LogP contribution >= 0.6 is 11.6 Å². The highest BCUT2D eigenvalue weighted by atomic mass is 35.5. The van der Waals surface area contributed by atoms with Crippen LogP contribution in [0.5, 0.6) is 0 Å². The highest BCUT2D eigenvalue weighted by Gasteiger charge is 2.38. The van der Waals surface area contributed by atoms with E-state index in [1.807, 2.05) is 30.9 Å². The molecule has 0 aliphatic carbocycles. The van der Waals surface area contributed by atoms with Crippen LogP contribution in [0.2, 0.25) is 5.02 Å². The Labute approximate surface area is 147 Å². The first-order valence-electron chi connectivity index (χ1n) is 8.24. The molecule has 1 aliphatic rings. The molecule has 0 bridgehead atoms. The van der Waals surface area contributed by atoms with Gasteiger partial charge in [-0.2, -0.15) is 0 Å². The van der Waals surface area contributed by atoms with E-state index in [1.54, 1.807) is 0 Å². The number of fused-ring (bicyclic) bond motifs is 1. The van der Waals surface area contributed by atoms with Gasteiger partial charge in [-0.15, -0.1) is 0 Å². The lowest BCUT2D eigenvalue weighted by molar-refractivity contribution is 0.355. The third-order valence-electron chi connectivity index (χ3n) is 4.99. The molecule has 4 heteroatoms. The number of rotatable bonds is 3. The molecule has 0 N–H and O–H groups in total. The van der Waals surface area contributed by atoms with Gasteiger partial charge in [0.2, 0.25) is 0 Å². The molecule has 4 rings (SSSR count). The third kappa shape index (κ3) is 2.59. The summed E-state index contributed by atoms with van der Waals surface area (Å²) < 4.78 is 2.16. The van der Waals surface area contributed by atoms with Crippen LogP contribution in [-0.2, 0) is 18.5 Å². The molecule has 0 fully saturated rings. The molecule has 1 unspecified atom stereocenters. The van der Waals surface area contributed by atoms with Gasteiger partial charge >= 0.3 is 0 Å². The molecule has 3 aromatic rings. The van der Waals surface area contributed by atoms with Crippen molar-refractivity contribution in [2.75, 3.05) is 11.4 Å². The fourth-order valence-corrected chi connectivity index (χ4v) is 3.96. The summed E-state index contributed by atoms with van der Waals surface area (Å²) in [5, 5.41) is 0.771. The lowest BCUT2D eigenvalue weighted by Crippen LogP contribution is -2.51. The van der Waals surface area contributed by atoms with Crippen molar-refractivity contribution in [3.05, 3.63) is 83.4 Å². The maximum atomic E-state index is 6.09. The van der Waals surface area contributed by atoms with Crippen LogP contribution in [0.25, 0.3) is 0 Å². The van der Waals surface area contributed by atoms with Gasteiger partial charge in [0.15, 0.2) is 0 Å². The van der Waals surface area contributed by atoms with Gasteiger partial charge in [-0.1, -0.05) is 35.9 Å². The summed E-state index contributed by atoms with van der Waals surface area (Å²) in [6, 6.07) is 16.9. The molecule has 0 radical (unpaired) electrons. The Hall–Kier alpha value is -2.26. The minimum atomic E-state index is -0.136. The van der Waals surface area contributed by atoms with Gasteiger partial charge in [-0.25, -0.2) is 4.98 Å². The van der Waals surface area contributed by atoms with Gasteiger partial charge in [0.1, 0.15) is 0 Å². The topological polar surface area (TPSA) is 21.1 Å². The second-order valence-electron chi connectivity index (χ2n) is 6.54. The van der Waals surface area contributed by atoms with Crippen LogP contribution in [0, 0.1) is 0 Å². The Morgan fingerprint density at radius 2 is 1.92 bits per heavy atom. The molecule has 2 aromatic carbocycles. The molecule has 2 heterocycles. The summed E-state index contributed by atoms with van der Waals surface area (Å²) in [4.78, 5) is 6.70. The molecule has 0 spiro atoms. The summed E-state index contributed by atoms with van der Waals surface area (Å²) in [6.07, 6.45) is 6.81. The van der Waals surface area contributed by atoms with Crippen LogP contribution in [0.4, 0.5) is 5.69 Å². The number of benzene rings is 2. The average Bonchev–Trinajstić information content (AvgIpc) is 3.09. The van der Waals surface area contributed by atoms with Crippen LogP contribution in [0.3, 0.4) is 0 Å². The zero-order chi connectivity index (χ0) is 16.6. The van der Waals surface area contributed by atoms with Gasteiger partial charge < -0.3 is 9.47 Å². The van der Waals surface area contributed by atoms with E-state index in [-0.39, 0.29) is 5.54 Å². The Morgan fingerprint density at radius 3 is 2.67 bits per heavy atom. The smallest absolute Gasteiger partial charge is 0.0946 e. The molecule has 0 saturated carbocycles. The summed E-state index contributed by atoms with van der Waals surface area (Å²) in [7, 11) is 0. The van der Waals surface area contributed by atoms with Crippen LogP contribution < -0.4 is 4.90 Å². The SMILES string of the molecule is CC1(Cn2ccnc2)c2ccccc2CCN1c1ccc(Cl)cc1. The first-order valence-corrected chi connectivity index (χ1v) is 8.62. The van der Waals surface area contributed by atoms with E-state index in [0.717, 1.165) is 24.5 Å². The minimum Gasteiger partial charge on any atom is -0.360 e. The summed E-state index contributed by atoms with van der Waals surface area (Å²) >= 11 is 6.09. The van der Waals surface area contributed by atoms with Gasteiger partial charge in [0.05, 0.1) is 18.4 Å². The average molecular weight is 338 g/mol. The second-order valence-corrected chi connectivity index (χ2v) is 6.98. The molecule has 0 saturated heterocycles. The Morgan fingerprint density at radius 1 is 1.12 bits per heavy atom. The molecule has 1 aliphatic heterocycles. The molecule has 122 valence electrons. The van der Waals surface area contributed by atoms with Crippen LogP contribution in [0.15, 0.2) is 67.3 Å². The minimum absolute atomic E-state index is 0.136. The van der Waals surface area contributed by atoms with Crippen molar-refractivity contribution in [1.82, 2.24) is 9.55 Å². The van der Waals surface area contributed by atoms with Crippen molar-refractivity contribution in [3.8, 4) is 0 Å². The highest BCUT2D eigenvalue weighted by Crippen LogP contribution is 2.40. The van der Waals surface area contributed by atoms with E-state index in [0.29, 0.717) is 0 Å². The van der Waals surface area contributed by atoms with Crippen molar-refractivity contribution in [2.24, 2.45) is 0 Å². The standard InChI is InChI=1S/C20H20ClN3/c1-20(14-23-13-11-22-15-23)19-5-3-2-4-16(19)10-12-24(20)18-8-6-17(21)7-9-18/h2-9,11,13,15H,10,12,14H2,1H3. The molecule has 3 nitrogen and oxygen atoms in total. The zero-order valence-corrected chi connectivity index (χ0v) is 14.4. The van der Waals surface area contributed by atoms with E-state index < -0.39 is 0 Å². The van der Waals surface area contributed by atoms with E-state index in [1.165, 1.54) is 16.8 Å². The van der Waals surface area contributed by atoms with Gasteiger partial charge in [0, 0.05) is 29.6 Å². The zero-order valence-electron chi connectivity index (χ0n) is 13.7. The van der Waals surface area contributed by atoms with Crippen LogP contribution in [0.1, 0.15) is 18.1 Å². The normalized spacial score (nSPS) is 20.0. The molecule has 1 aromatic heterocycles. The Kier molecular flexibility index (Phi) is 3.81.